The van der Waals surface area contributed by atoms with Crippen LogP contribution in [0.25, 0.3) is 22.4 Å². The van der Waals surface area contributed by atoms with Gasteiger partial charge in [-0.3, -0.25) is 4.68 Å². The number of fused-ring (bicyclic) bond motifs is 1. The molecule has 0 radical (unpaired) electrons. The molecular weight excluding hydrogens is 388 g/mol. The van der Waals surface area contributed by atoms with Crippen LogP contribution in [0.5, 0.6) is 5.75 Å². The van der Waals surface area contributed by atoms with Crippen molar-refractivity contribution in [1.82, 2.24) is 19.7 Å². The second-order valence-corrected chi connectivity index (χ2v) is 6.38. The third kappa shape index (κ3) is 3.67. The average Bonchev–Trinajstić information content (AvgIpc) is 3.32. The number of rotatable bonds is 6. The molecule has 0 saturated carbocycles. The van der Waals surface area contributed by atoms with E-state index in [1.165, 1.54) is 7.11 Å². The zero-order chi connectivity index (χ0) is 20.5. The lowest BCUT2D eigenvalue weighted by Crippen LogP contribution is -2.08. The Morgan fingerprint density at radius 3 is 2.52 bits per heavy atom. The van der Waals surface area contributed by atoms with Crippen molar-refractivity contribution in [1.29, 1.82) is 0 Å². The summed E-state index contributed by atoms with van der Waals surface area (Å²) in [7, 11) is 1.45. The van der Waals surface area contributed by atoms with Crippen LogP contribution < -0.4 is 4.74 Å². The van der Waals surface area contributed by atoms with Crippen LogP contribution in [0, 0.1) is 0 Å². The SMILES string of the molecule is COc1ccc(-c2nc3ccccc3[nH]2)cc1Cn1nc(C(F)F)cc1C(F)F. The number of alkyl halides is 4. The topological polar surface area (TPSA) is 55.7 Å². The maximum absolute atomic E-state index is 13.3. The Bertz CT molecular complexity index is 1120. The van der Waals surface area contributed by atoms with Gasteiger partial charge in [-0.15, -0.1) is 0 Å². The van der Waals surface area contributed by atoms with Crippen molar-refractivity contribution in [3.05, 3.63) is 65.5 Å². The number of nitrogens with zero attached hydrogens (tertiary/aromatic N) is 3. The molecule has 29 heavy (non-hydrogen) atoms. The van der Waals surface area contributed by atoms with Crippen molar-refractivity contribution in [2.24, 2.45) is 0 Å². The molecule has 2 aromatic heterocycles. The Balaban J connectivity index is 1.75. The Kier molecular flexibility index (Phi) is 4.96. The van der Waals surface area contributed by atoms with Crippen molar-refractivity contribution in [2.75, 3.05) is 7.11 Å². The van der Waals surface area contributed by atoms with Crippen LogP contribution in [0.2, 0.25) is 0 Å². The van der Waals surface area contributed by atoms with Crippen molar-refractivity contribution < 1.29 is 22.3 Å². The molecule has 2 heterocycles. The van der Waals surface area contributed by atoms with E-state index >= 15 is 0 Å². The lowest BCUT2D eigenvalue weighted by Gasteiger charge is -2.12. The summed E-state index contributed by atoms with van der Waals surface area (Å²) >= 11 is 0. The molecule has 0 fully saturated rings. The highest BCUT2D eigenvalue weighted by Gasteiger charge is 2.22. The molecule has 150 valence electrons. The number of para-hydroxylation sites is 2. The summed E-state index contributed by atoms with van der Waals surface area (Å²) in [6.45, 7) is -0.149. The molecule has 0 aliphatic rings. The second kappa shape index (κ2) is 7.57. The zero-order valence-electron chi connectivity index (χ0n) is 15.2. The highest BCUT2D eigenvalue weighted by Crippen LogP contribution is 2.30. The Hall–Kier alpha value is -3.36. The number of nitrogens with one attached hydrogen (secondary N) is 1. The van der Waals surface area contributed by atoms with Gasteiger partial charge < -0.3 is 9.72 Å². The van der Waals surface area contributed by atoms with Gasteiger partial charge >= 0.3 is 0 Å². The minimum atomic E-state index is -2.93. The quantitative estimate of drug-likeness (QED) is 0.440. The van der Waals surface area contributed by atoms with E-state index in [4.69, 9.17) is 4.74 Å². The van der Waals surface area contributed by atoms with Crippen molar-refractivity contribution in [3.8, 4) is 17.1 Å². The highest BCUT2D eigenvalue weighted by atomic mass is 19.3. The van der Waals surface area contributed by atoms with Gasteiger partial charge in [-0.05, 0) is 36.4 Å². The summed E-state index contributed by atoms with van der Waals surface area (Å²) in [6.07, 6.45) is -5.86. The summed E-state index contributed by atoms with van der Waals surface area (Å²) in [4.78, 5) is 7.72. The molecule has 0 unspecified atom stereocenters. The number of ether oxygens (including phenoxy) is 1. The number of H-pyrrole nitrogens is 1. The monoisotopic (exact) mass is 404 g/mol. The number of hydrogen-bond acceptors (Lipinski definition) is 3. The lowest BCUT2D eigenvalue weighted by atomic mass is 10.1. The van der Waals surface area contributed by atoms with Gasteiger partial charge in [-0.2, -0.15) is 5.10 Å². The summed E-state index contributed by atoms with van der Waals surface area (Å²) in [6, 6.07) is 13.4. The molecule has 0 aliphatic carbocycles. The smallest absolute Gasteiger partial charge is 0.282 e. The lowest BCUT2D eigenvalue weighted by molar-refractivity contribution is 0.139. The van der Waals surface area contributed by atoms with Gasteiger partial charge in [0.15, 0.2) is 0 Å². The van der Waals surface area contributed by atoms with Crippen LogP contribution in [0.1, 0.15) is 29.8 Å². The van der Waals surface area contributed by atoms with E-state index in [1.54, 1.807) is 18.2 Å². The second-order valence-electron chi connectivity index (χ2n) is 6.38. The number of hydrogen-bond donors (Lipinski definition) is 1. The molecular formula is C20H16F4N4O. The number of imidazole rings is 1. The van der Waals surface area contributed by atoms with Crippen molar-refractivity contribution >= 4 is 11.0 Å². The Labute approximate surface area is 162 Å². The fourth-order valence-electron chi connectivity index (χ4n) is 3.16. The minimum absolute atomic E-state index is 0.149. The standard InChI is InChI=1S/C20H16F4N4O/c1-29-17-7-6-11(20-25-13-4-2-3-5-14(13)26-20)8-12(17)10-28-16(19(23)24)9-15(27-28)18(21)22/h2-9,18-19H,10H2,1H3,(H,25,26). The van der Waals surface area contributed by atoms with Crippen LogP contribution >= 0.6 is 0 Å². The van der Waals surface area contributed by atoms with Crippen LogP contribution in [0.4, 0.5) is 17.6 Å². The van der Waals surface area contributed by atoms with E-state index in [-0.39, 0.29) is 6.54 Å². The van der Waals surface area contributed by atoms with Crippen molar-refractivity contribution in [2.45, 2.75) is 19.4 Å². The average molecular weight is 404 g/mol. The minimum Gasteiger partial charge on any atom is -0.496 e. The number of methoxy groups -OCH3 is 1. The van der Waals surface area contributed by atoms with E-state index in [9.17, 15) is 17.6 Å². The van der Waals surface area contributed by atoms with Gasteiger partial charge in [0.1, 0.15) is 23.0 Å². The maximum atomic E-state index is 13.3. The third-order valence-corrected chi connectivity index (χ3v) is 4.54. The molecule has 1 N–H and O–H groups in total. The molecule has 0 saturated heterocycles. The summed E-state index contributed by atoms with van der Waals surface area (Å²) in [5, 5.41) is 3.65. The molecule has 4 rings (SSSR count). The summed E-state index contributed by atoms with van der Waals surface area (Å²) in [5.41, 5.74) is 1.60. The highest BCUT2D eigenvalue weighted by molar-refractivity contribution is 5.79. The number of benzene rings is 2. The van der Waals surface area contributed by atoms with Gasteiger partial charge in [-0.25, -0.2) is 22.5 Å². The van der Waals surface area contributed by atoms with Gasteiger partial charge in [0, 0.05) is 11.1 Å². The van der Waals surface area contributed by atoms with Crippen LogP contribution in [-0.2, 0) is 6.54 Å². The molecule has 0 aliphatic heterocycles. The van der Waals surface area contributed by atoms with Crippen molar-refractivity contribution in [3.63, 3.8) is 0 Å². The van der Waals surface area contributed by atoms with Gasteiger partial charge in [-0.1, -0.05) is 12.1 Å². The molecule has 4 aromatic rings. The van der Waals surface area contributed by atoms with E-state index < -0.39 is 24.2 Å². The van der Waals surface area contributed by atoms with E-state index in [2.05, 4.69) is 15.1 Å². The van der Waals surface area contributed by atoms with Gasteiger partial charge in [0.25, 0.3) is 12.9 Å². The van der Waals surface area contributed by atoms with E-state index in [0.717, 1.165) is 21.8 Å². The first-order valence-electron chi connectivity index (χ1n) is 8.72. The number of aromatic amines is 1. The van der Waals surface area contributed by atoms with Crippen LogP contribution in [0.15, 0.2) is 48.5 Å². The maximum Gasteiger partial charge on any atom is 0.282 e. The molecule has 0 amide bonds. The summed E-state index contributed by atoms with van der Waals surface area (Å²) < 4.78 is 58.7. The molecule has 2 aromatic carbocycles. The molecule has 0 atom stereocenters. The fourth-order valence-corrected chi connectivity index (χ4v) is 3.16. The Morgan fingerprint density at radius 2 is 1.83 bits per heavy atom. The molecule has 9 heteroatoms. The third-order valence-electron chi connectivity index (χ3n) is 4.54. The van der Waals surface area contributed by atoms with Crippen LogP contribution in [0.3, 0.4) is 0 Å². The number of halogens is 4. The summed E-state index contributed by atoms with van der Waals surface area (Å²) in [5.74, 6) is 1.03. The predicted molar refractivity (Wildman–Crippen MR) is 99.3 cm³/mol. The fraction of sp³-hybridized carbons (Fsp3) is 0.200. The first-order chi connectivity index (χ1) is 14.0. The normalized spacial score (nSPS) is 11.7. The number of aromatic nitrogens is 4. The first kappa shape index (κ1) is 19.0. The van der Waals surface area contributed by atoms with Gasteiger partial charge in [0.2, 0.25) is 0 Å². The van der Waals surface area contributed by atoms with Crippen LogP contribution in [-0.4, -0.2) is 26.9 Å². The van der Waals surface area contributed by atoms with E-state index in [0.29, 0.717) is 22.7 Å². The molecule has 0 bridgehead atoms. The molecule has 5 nitrogen and oxygen atoms in total. The molecule has 0 spiro atoms. The predicted octanol–water partition coefficient (Wildman–Crippen LogP) is 5.36. The van der Waals surface area contributed by atoms with Gasteiger partial charge in [0.05, 0.1) is 24.7 Å². The first-order valence-corrected chi connectivity index (χ1v) is 8.72. The Morgan fingerprint density at radius 1 is 1.03 bits per heavy atom. The van der Waals surface area contributed by atoms with E-state index in [1.807, 2.05) is 24.3 Å². The largest absolute Gasteiger partial charge is 0.496 e. The zero-order valence-corrected chi connectivity index (χ0v) is 15.2.